The fourth-order valence-corrected chi connectivity index (χ4v) is 4.77. The quantitative estimate of drug-likeness (QED) is 0.760. The molecule has 0 spiro atoms. The van der Waals surface area contributed by atoms with Crippen LogP contribution in [-0.2, 0) is 14.6 Å². The Morgan fingerprint density at radius 3 is 3.00 bits per heavy atom. The Labute approximate surface area is 143 Å². The Morgan fingerprint density at radius 1 is 1.50 bits per heavy atom. The second kappa shape index (κ2) is 6.98. The zero-order chi connectivity index (χ0) is 17.2. The number of nitrogens with zero attached hydrogens (tertiary/aromatic N) is 2. The third-order valence-electron chi connectivity index (χ3n) is 3.68. The molecule has 1 fully saturated rings. The number of hydrogen-bond acceptors (Lipinski definition) is 8. The highest BCUT2D eigenvalue weighted by Crippen LogP contribution is 2.29. The molecule has 10 heteroatoms. The Balaban J connectivity index is 1.49. The van der Waals surface area contributed by atoms with E-state index in [2.05, 4.69) is 15.5 Å². The number of amides is 1. The van der Waals surface area contributed by atoms with Crippen molar-refractivity contribution in [1.82, 2.24) is 15.5 Å². The number of aromatic nitrogens is 2. The van der Waals surface area contributed by atoms with E-state index in [1.165, 1.54) is 0 Å². The molecule has 3 heterocycles. The first kappa shape index (κ1) is 17.0. The molecule has 1 N–H and O–H groups in total. The van der Waals surface area contributed by atoms with E-state index >= 15 is 0 Å². The molecule has 0 aromatic carbocycles. The van der Waals surface area contributed by atoms with Gasteiger partial charge in [0, 0.05) is 0 Å². The summed E-state index contributed by atoms with van der Waals surface area (Å²) in [4.78, 5) is 11.9. The Hall–Kier alpha value is -1.81. The first-order valence-electron chi connectivity index (χ1n) is 7.42. The van der Waals surface area contributed by atoms with Gasteiger partial charge >= 0.3 is 0 Å². The van der Waals surface area contributed by atoms with Crippen LogP contribution >= 0.6 is 11.8 Å². The van der Waals surface area contributed by atoms with Gasteiger partial charge < -0.3 is 14.2 Å². The summed E-state index contributed by atoms with van der Waals surface area (Å²) in [6.07, 6.45) is 2.05. The van der Waals surface area contributed by atoms with Gasteiger partial charge in [0.05, 0.1) is 35.5 Å². The van der Waals surface area contributed by atoms with Gasteiger partial charge in [-0.1, -0.05) is 11.8 Å². The molecule has 0 bridgehead atoms. The average Bonchev–Trinajstić information content (AvgIpc) is 3.25. The number of sulfone groups is 1. The zero-order valence-electron chi connectivity index (χ0n) is 13.0. The van der Waals surface area contributed by atoms with Crippen LogP contribution < -0.4 is 5.32 Å². The van der Waals surface area contributed by atoms with Crippen molar-refractivity contribution in [2.24, 2.45) is 0 Å². The third kappa shape index (κ3) is 4.18. The summed E-state index contributed by atoms with van der Waals surface area (Å²) < 4.78 is 33.7. The molecular formula is C14H17N3O5S2. The van der Waals surface area contributed by atoms with Crippen LogP contribution in [0, 0.1) is 0 Å². The lowest BCUT2D eigenvalue weighted by molar-refractivity contribution is -0.119. The van der Waals surface area contributed by atoms with Crippen molar-refractivity contribution < 1.29 is 22.0 Å². The summed E-state index contributed by atoms with van der Waals surface area (Å²) in [6.45, 7) is 1.83. The maximum Gasteiger partial charge on any atom is 0.277 e. The number of nitrogens with one attached hydrogen (secondary N) is 1. The summed E-state index contributed by atoms with van der Waals surface area (Å²) in [7, 11) is -3.00. The maximum absolute atomic E-state index is 11.9. The Morgan fingerprint density at radius 2 is 2.33 bits per heavy atom. The van der Waals surface area contributed by atoms with Crippen molar-refractivity contribution in [3.8, 4) is 0 Å². The van der Waals surface area contributed by atoms with Gasteiger partial charge in [-0.3, -0.25) is 4.79 Å². The standard InChI is InChI=1S/C14H17N3O5S2/c1-9(11-3-2-5-21-11)15-12(18)7-23-14-17-16-13(22-14)10-4-6-24(19,20)8-10/h2-3,5,9-10H,4,6-8H2,1H3,(H,15,18)/t9-,10+/m0/s1. The van der Waals surface area contributed by atoms with Crippen molar-refractivity contribution in [2.45, 2.75) is 30.5 Å². The van der Waals surface area contributed by atoms with Crippen LogP contribution in [0.2, 0.25) is 0 Å². The van der Waals surface area contributed by atoms with Crippen molar-refractivity contribution in [1.29, 1.82) is 0 Å². The first-order valence-corrected chi connectivity index (χ1v) is 10.2. The number of carbonyl (C=O) groups excluding carboxylic acids is 1. The highest BCUT2D eigenvalue weighted by Gasteiger charge is 2.32. The number of furan rings is 1. The highest BCUT2D eigenvalue weighted by atomic mass is 32.2. The molecule has 0 radical (unpaired) electrons. The summed E-state index contributed by atoms with van der Waals surface area (Å²) in [6, 6.07) is 3.32. The second-order valence-electron chi connectivity index (χ2n) is 5.60. The molecule has 8 nitrogen and oxygen atoms in total. The van der Waals surface area contributed by atoms with E-state index in [1.807, 2.05) is 6.92 Å². The molecule has 130 valence electrons. The molecule has 2 atom stereocenters. The Bertz CT molecular complexity index is 800. The summed E-state index contributed by atoms with van der Waals surface area (Å²) >= 11 is 1.11. The molecule has 1 aliphatic rings. The molecular weight excluding hydrogens is 354 g/mol. The number of hydrogen-bond donors (Lipinski definition) is 1. The minimum Gasteiger partial charge on any atom is -0.467 e. The minimum atomic E-state index is -3.00. The molecule has 1 saturated heterocycles. The molecule has 1 aliphatic heterocycles. The number of thioether (sulfide) groups is 1. The predicted molar refractivity (Wildman–Crippen MR) is 86.3 cm³/mol. The number of carbonyl (C=O) groups is 1. The largest absolute Gasteiger partial charge is 0.467 e. The third-order valence-corrected chi connectivity index (χ3v) is 6.26. The molecule has 24 heavy (non-hydrogen) atoms. The topological polar surface area (TPSA) is 115 Å². The van der Waals surface area contributed by atoms with Crippen molar-refractivity contribution >= 4 is 27.5 Å². The van der Waals surface area contributed by atoms with Gasteiger partial charge in [0.25, 0.3) is 5.22 Å². The van der Waals surface area contributed by atoms with Crippen LogP contribution in [0.25, 0.3) is 0 Å². The van der Waals surface area contributed by atoms with Crippen molar-refractivity contribution in [3.63, 3.8) is 0 Å². The van der Waals surface area contributed by atoms with E-state index < -0.39 is 9.84 Å². The molecule has 0 aliphatic carbocycles. The van der Waals surface area contributed by atoms with Crippen molar-refractivity contribution in [2.75, 3.05) is 17.3 Å². The minimum absolute atomic E-state index is 0.0421. The van der Waals surface area contributed by atoms with Gasteiger partial charge in [0.2, 0.25) is 11.8 Å². The summed E-state index contributed by atoms with van der Waals surface area (Å²) in [5.41, 5.74) is 0. The molecule has 2 aromatic rings. The number of rotatable bonds is 6. The van der Waals surface area contributed by atoms with Gasteiger partial charge in [-0.05, 0) is 25.5 Å². The summed E-state index contributed by atoms with van der Waals surface area (Å²) in [5.74, 6) is 0.877. The van der Waals surface area contributed by atoms with E-state index in [0.717, 1.165) is 11.8 Å². The Kier molecular flexibility index (Phi) is 4.95. The van der Waals surface area contributed by atoms with Crippen LogP contribution in [0.5, 0.6) is 0 Å². The molecule has 1 amide bonds. The van der Waals surface area contributed by atoms with E-state index in [9.17, 15) is 13.2 Å². The van der Waals surface area contributed by atoms with Crippen LogP contribution in [0.3, 0.4) is 0 Å². The van der Waals surface area contributed by atoms with E-state index in [-0.39, 0.29) is 40.3 Å². The smallest absolute Gasteiger partial charge is 0.277 e. The van der Waals surface area contributed by atoms with E-state index in [4.69, 9.17) is 8.83 Å². The lowest BCUT2D eigenvalue weighted by Crippen LogP contribution is -2.27. The summed E-state index contributed by atoms with van der Waals surface area (Å²) in [5, 5.41) is 10.8. The molecule has 0 saturated carbocycles. The lowest BCUT2D eigenvalue weighted by Gasteiger charge is -2.10. The maximum atomic E-state index is 11.9. The lowest BCUT2D eigenvalue weighted by atomic mass is 10.1. The van der Waals surface area contributed by atoms with Gasteiger partial charge in [0.1, 0.15) is 5.76 Å². The van der Waals surface area contributed by atoms with Gasteiger partial charge in [-0.2, -0.15) is 0 Å². The first-order chi connectivity index (χ1) is 11.4. The van der Waals surface area contributed by atoms with Crippen molar-refractivity contribution in [3.05, 3.63) is 30.0 Å². The average molecular weight is 371 g/mol. The molecule has 3 rings (SSSR count). The van der Waals surface area contributed by atoms with E-state index in [1.54, 1.807) is 18.4 Å². The fourth-order valence-electron chi connectivity index (χ4n) is 2.45. The second-order valence-corrected chi connectivity index (χ2v) is 8.75. The molecule has 0 unspecified atom stereocenters. The van der Waals surface area contributed by atoms with Crippen LogP contribution in [0.4, 0.5) is 0 Å². The zero-order valence-corrected chi connectivity index (χ0v) is 14.6. The normalized spacial score (nSPS) is 20.8. The van der Waals surface area contributed by atoms with Gasteiger partial charge in [-0.15, -0.1) is 10.2 Å². The van der Waals surface area contributed by atoms with Gasteiger partial charge in [-0.25, -0.2) is 8.42 Å². The SMILES string of the molecule is C[C@H](NC(=O)CSc1nnc([C@@H]2CCS(=O)(=O)C2)o1)c1ccco1. The van der Waals surface area contributed by atoms with Crippen LogP contribution in [-0.4, -0.2) is 41.8 Å². The predicted octanol–water partition coefficient (Wildman–Crippen LogP) is 1.53. The van der Waals surface area contributed by atoms with E-state index in [0.29, 0.717) is 18.1 Å². The van der Waals surface area contributed by atoms with Crippen LogP contribution in [0.15, 0.2) is 32.5 Å². The van der Waals surface area contributed by atoms with Gasteiger partial charge in [0.15, 0.2) is 9.84 Å². The fraction of sp³-hybridized carbons (Fsp3) is 0.500. The monoisotopic (exact) mass is 371 g/mol. The molecule has 2 aromatic heterocycles. The van der Waals surface area contributed by atoms with Crippen LogP contribution in [0.1, 0.15) is 37.0 Å². The highest BCUT2D eigenvalue weighted by molar-refractivity contribution is 7.99.